The van der Waals surface area contributed by atoms with Crippen molar-refractivity contribution in [2.75, 3.05) is 0 Å². The highest BCUT2D eigenvalue weighted by Crippen LogP contribution is 2.44. The maximum Gasteiger partial charge on any atom is 0.238 e. The van der Waals surface area contributed by atoms with Crippen LogP contribution in [0.5, 0.6) is 0 Å². The molecule has 3 aromatic rings. The van der Waals surface area contributed by atoms with Gasteiger partial charge in [-0.2, -0.15) is 11.3 Å². The Labute approximate surface area is 244 Å². The van der Waals surface area contributed by atoms with Crippen LogP contribution in [-0.2, 0) is 16.8 Å². The maximum absolute atomic E-state index is 14.4. The third-order valence-electron chi connectivity index (χ3n) is 7.59. The SMILES string of the molecule is C=C/C=C(/SC1C(=C)CC(c2ccsc2)(c2cccc(/C=C\C3CCCc4c(F)cccc43)n2)NC1=O)C(=C)C. The molecule has 0 bridgehead atoms. The van der Waals surface area contributed by atoms with Gasteiger partial charge in [0, 0.05) is 17.2 Å². The van der Waals surface area contributed by atoms with Crippen LogP contribution in [0.2, 0.25) is 0 Å². The number of amides is 1. The molecule has 1 fully saturated rings. The zero-order valence-corrected chi connectivity index (χ0v) is 24.3. The summed E-state index contributed by atoms with van der Waals surface area (Å²) >= 11 is 3.04. The first kappa shape index (κ1) is 28.1. The molecule has 3 atom stereocenters. The second-order valence-corrected chi connectivity index (χ2v) is 12.3. The summed E-state index contributed by atoms with van der Waals surface area (Å²) in [6, 6.07) is 13.3. The van der Waals surface area contributed by atoms with Gasteiger partial charge in [0.1, 0.15) is 16.6 Å². The number of piperidine rings is 1. The molecule has 3 unspecified atom stereocenters. The van der Waals surface area contributed by atoms with Crippen molar-refractivity contribution in [1.82, 2.24) is 10.3 Å². The number of hydrogen-bond donors (Lipinski definition) is 1. The second kappa shape index (κ2) is 11.9. The van der Waals surface area contributed by atoms with Crippen LogP contribution in [0.1, 0.15) is 60.2 Å². The first-order valence-electron chi connectivity index (χ1n) is 13.4. The van der Waals surface area contributed by atoms with E-state index >= 15 is 0 Å². The lowest BCUT2D eigenvalue weighted by molar-refractivity contribution is -0.122. The Bertz CT molecular complexity index is 1500. The summed E-state index contributed by atoms with van der Waals surface area (Å²) in [5, 5.41) is 6.98. The predicted molar refractivity (Wildman–Crippen MR) is 167 cm³/mol. The summed E-state index contributed by atoms with van der Waals surface area (Å²) in [6.45, 7) is 14.1. The summed E-state index contributed by atoms with van der Waals surface area (Å²) in [4.78, 5) is 19.6. The standard InChI is InChI=1S/C34H33FN2OS2/c1-5-9-30(22(2)3)40-32-23(4)20-34(37-33(32)38,25-18-19-39-21-25)31-15-7-11-26(36-31)17-16-24-10-6-13-28-27(24)12-8-14-29(28)35/h5,7-9,11-12,14-19,21,24,32H,1-2,4,6,10,13,20H2,3H3,(H,37,38)/b17-16-,30-9+. The third-order valence-corrected chi connectivity index (χ3v) is 9.79. The number of carbonyl (C=O) groups is 1. The maximum atomic E-state index is 14.4. The van der Waals surface area contributed by atoms with Gasteiger partial charge in [0.05, 0.1) is 11.4 Å². The molecule has 6 heteroatoms. The molecule has 1 amide bonds. The fourth-order valence-corrected chi connectivity index (χ4v) is 7.39. The van der Waals surface area contributed by atoms with Gasteiger partial charge in [-0.1, -0.05) is 55.7 Å². The molecule has 1 aromatic carbocycles. The van der Waals surface area contributed by atoms with Gasteiger partial charge in [-0.3, -0.25) is 9.78 Å². The van der Waals surface area contributed by atoms with E-state index in [1.54, 1.807) is 29.5 Å². The van der Waals surface area contributed by atoms with Gasteiger partial charge in [0.2, 0.25) is 5.91 Å². The Balaban J connectivity index is 1.46. The lowest BCUT2D eigenvalue weighted by Gasteiger charge is -2.41. The van der Waals surface area contributed by atoms with E-state index in [-0.39, 0.29) is 17.6 Å². The van der Waals surface area contributed by atoms with Gasteiger partial charge < -0.3 is 5.32 Å². The van der Waals surface area contributed by atoms with E-state index < -0.39 is 10.8 Å². The number of fused-ring (bicyclic) bond motifs is 1. The van der Waals surface area contributed by atoms with E-state index in [1.807, 2.05) is 54.8 Å². The summed E-state index contributed by atoms with van der Waals surface area (Å²) in [6.07, 6.45) is 11.0. The number of nitrogens with one attached hydrogen (secondary N) is 1. The monoisotopic (exact) mass is 568 g/mol. The quantitative estimate of drug-likeness (QED) is 0.219. The average molecular weight is 569 g/mol. The summed E-state index contributed by atoms with van der Waals surface area (Å²) in [5.74, 6) is -0.0745. The van der Waals surface area contributed by atoms with Gasteiger partial charge in [0.15, 0.2) is 0 Å². The Morgan fingerprint density at radius 3 is 2.80 bits per heavy atom. The highest BCUT2D eigenvalue weighted by molar-refractivity contribution is 8.04. The van der Waals surface area contributed by atoms with Crippen molar-refractivity contribution >= 4 is 35.1 Å². The molecule has 0 spiro atoms. The second-order valence-electron chi connectivity index (χ2n) is 10.4. The van der Waals surface area contributed by atoms with Gasteiger partial charge >= 0.3 is 0 Å². The fraction of sp³-hybridized carbons (Fsp3) is 0.235. The van der Waals surface area contributed by atoms with Crippen molar-refractivity contribution in [3.8, 4) is 0 Å². The van der Waals surface area contributed by atoms with Crippen LogP contribution in [0.15, 0.2) is 107 Å². The number of benzene rings is 1. The van der Waals surface area contributed by atoms with E-state index in [4.69, 9.17) is 4.98 Å². The average Bonchev–Trinajstić information content (AvgIpc) is 3.49. The normalized spacial score (nSPS) is 23.1. The van der Waals surface area contributed by atoms with Crippen LogP contribution < -0.4 is 5.32 Å². The molecule has 40 heavy (non-hydrogen) atoms. The van der Waals surface area contributed by atoms with Crippen LogP contribution in [0, 0.1) is 5.82 Å². The zero-order valence-electron chi connectivity index (χ0n) is 22.7. The molecule has 2 aliphatic rings. The minimum atomic E-state index is -0.818. The van der Waals surface area contributed by atoms with E-state index in [1.165, 1.54) is 11.8 Å². The summed E-state index contributed by atoms with van der Waals surface area (Å²) < 4.78 is 14.4. The number of halogens is 1. The molecule has 2 aromatic heterocycles. The van der Waals surface area contributed by atoms with Crippen molar-refractivity contribution in [1.29, 1.82) is 0 Å². The predicted octanol–water partition coefficient (Wildman–Crippen LogP) is 8.48. The van der Waals surface area contributed by atoms with Crippen molar-refractivity contribution < 1.29 is 9.18 Å². The van der Waals surface area contributed by atoms with Crippen LogP contribution in [0.3, 0.4) is 0 Å². The minimum Gasteiger partial charge on any atom is -0.339 e. The van der Waals surface area contributed by atoms with Gasteiger partial charge in [0.25, 0.3) is 0 Å². The zero-order chi connectivity index (χ0) is 28.3. The molecule has 1 aliphatic heterocycles. The molecular formula is C34H33FN2OS2. The largest absolute Gasteiger partial charge is 0.339 e. The number of aromatic nitrogens is 1. The third kappa shape index (κ3) is 5.56. The number of rotatable bonds is 8. The van der Waals surface area contributed by atoms with E-state index in [2.05, 4.69) is 36.5 Å². The number of thiophene rings is 1. The van der Waals surface area contributed by atoms with Gasteiger partial charge in [-0.05, 0) is 95.6 Å². The van der Waals surface area contributed by atoms with Crippen molar-refractivity contribution in [2.24, 2.45) is 0 Å². The Kier molecular flexibility index (Phi) is 8.38. The molecule has 0 radical (unpaired) electrons. The highest BCUT2D eigenvalue weighted by atomic mass is 32.2. The molecule has 204 valence electrons. The van der Waals surface area contributed by atoms with Crippen LogP contribution in [-0.4, -0.2) is 16.1 Å². The molecule has 1 saturated heterocycles. The highest BCUT2D eigenvalue weighted by Gasteiger charge is 2.46. The number of thioether (sulfide) groups is 1. The number of nitrogens with zero attached hydrogens (tertiary/aromatic N) is 1. The molecule has 1 aliphatic carbocycles. The van der Waals surface area contributed by atoms with Gasteiger partial charge in [-0.25, -0.2) is 4.39 Å². The Morgan fingerprint density at radius 1 is 1.25 bits per heavy atom. The van der Waals surface area contributed by atoms with Crippen molar-refractivity contribution in [2.45, 2.75) is 49.3 Å². The molecule has 3 nitrogen and oxygen atoms in total. The lowest BCUT2D eigenvalue weighted by atomic mass is 9.78. The summed E-state index contributed by atoms with van der Waals surface area (Å²) in [7, 11) is 0. The number of hydrogen-bond acceptors (Lipinski definition) is 4. The smallest absolute Gasteiger partial charge is 0.238 e. The minimum absolute atomic E-state index is 0.104. The first-order chi connectivity index (χ1) is 19.3. The van der Waals surface area contributed by atoms with Crippen molar-refractivity contribution in [3.05, 3.63) is 141 Å². The molecular weight excluding hydrogens is 536 g/mol. The van der Waals surface area contributed by atoms with Gasteiger partial charge in [-0.15, -0.1) is 11.8 Å². The fourth-order valence-electron chi connectivity index (χ4n) is 5.61. The lowest BCUT2D eigenvalue weighted by Crippen LogP contribution is -2.55. The molecule has 1 N–H and O–H groups in total. The van der Waals surface area contributed by atoms with E-state index in [9.17, 15) is 9.18 Å². The van der Waals surface area contributed by atoms with E-state index in [0.29, 0.717) is 6.42 Å². The van der Waals surface area contributed by atoms with E-state index in [0.717, 1.165) is 63.4 Å². The number of pyridine rings is 1. The first-order valence-corrected chi connectivity index (χ1v) is 15.3. The van der Waals surface area contributed by atoms with Crippen LogP contribution in [0.25, 0.3) is 6.08 Å². The number of allylic oxidation sites excluding steroid dienone is 4. The van der Waals surface area contributed by atoms with Crippen LogP contribution >= 0.6 is 23.1 Å². The van der Waals surface area contributed by atoms with Crippen LogP contribution in [0.4, 0.5) is 4.39 Å². The summed E-state index contributed by atoms with van der Waals surface area (Å²) in [5.41, 5.74) is 5.34. The number of carbonyl (C=O) groups excluding carboxylic acids is 1. The molecule has 3 heterocycles. The topological polar surface area (TPSA) is 42.0 Å². The van der Waals surface area contributed by atoms with Crippen molar-refractivity contribution in [3.63, 3.8) is 0 Å². The molecule has 5 rings (SSSR count). The Hall–Kier alpha value is -3.48. The molecule has 0 saturated carbocycles. The Morgan fingerprint density at radius 2 is 2.08 bits per heavy atom.